The van der Waals surface area contributed by atoms with Crippen LogP contribution in [0.5, 0.6) is 0 Å². The standard InChI is InChI=1S/C17H21NO2S/c1-12-6-7-15(5-4-8-19)9-16(12)17(20)18-10-13(2)21-14(3)11-18/h6-7,9,13-14,19H,8,10-11H2,1-3H3. The lowest BCUT2D eigenvalue weighted by Gasteiger charge is -2.35. The first-order chi connectivity index (χ1) is 10.0. The summed E-state index contributed by atoms with van der Waals surface area (Å²) in [6, 6.07) is 5.63. The number of aliphatic hydroxyl groups is 1. The zero-order chi connectivity index (χ0) is 15.4. The molecule has 2 unspecified atom stereocenters. The molecule has 1 amide bonds. The molecular weight excluding hydrogens is 282 g/mol. The van der Waals surface area contributed by atoms with Crippen LogP contribution in [0.15, 0.2) is 18.2 Å². The lowest BCUT2D eigenvalue weighted by molar-refractivity contribution is 0.0752. The molecule has 1 aromatic rings. The molecule has 2 atom stereocenters. The molecule has 0 bridgehead atoms. The summed E-state index contributed by atoms with van der Waals surface area (Å²) in [6.45, 7) is 7.68. The van der Waals surface area contributed by atoms with Gasteiger partial charge in [-0.2, -0.15) is 11.8 Å². The van der Waals surface area contributed by atoms with Crippen molar-refractivity contribution in [3.05, 3.63) is 34.9 Å². The Kier molecular flexibility index (Phi) is 5.33. The van der Waals surface area contributed by atoms with E-state index >= 15 is 0 Å². The molecule has 112 valence electrons. The molecule has 0 radical (unpaired) electrons. The van der Waals surface area contributed by atoms with Gasteiger partial charge in [0.15, 0.2) is 0 Å². The Morgan fingerprint density at radius 1 is 1.38 bits per heavy atom. The van der Waals surface area contributed by atoms with Crippen LogP contribution in [0.25, 0.3) is 0 Å². The van der Waals surface area contributed by atoms with Crippen LogP contribution in [-0.4, -0.2) is 46.1 Å². The lowest BCUT2D eigenvalue weighted by Crippen LogP contribution is -2.44. The van der Waals surface area contributed by atoms with E-state index < -0.39 is 0 Å². The average Bonchev–Trinajstić information content (AvgIpc) is 2.44. The summed E-state index contributed by atoms with van der Waals surface area (Å²) in [5.41, 5.74) is 2.45. The van der Waals surface area contributed by atoms with Gasteiger partial charge in [0.1, 0.15) is 6.61 Å². The van der Waals surface area contributed by atoms with Gasteiger partial charge in [0, 0.05) is 34.7 Å². The minimum absolute atomic E-state index is 0.0825. The van der Waals surface area contributed by atoms with E-state index in [1.165, 1.54) is 0 Å². The fourth-order valence-electron chi connectivity index (χ4n) is 2.59. The van der Waals surface area contributed by atoms with Crippen LogP contribution < -0.4 is 0 Å². The van der Waals surface area contributed by atoms with Gasteiger partial charge in [0.25, 0.3) is 5.91 Å². The van der Waals surface area contributed by atoms with Crippen LogP contribution in [0.3, 0.4) is 0 Å². The maximum absolute atomic E-state index is 12.8. The molecule has 0 aliphatic carbocycles. The zero-order valence-corrected chi connectivity index (χ0v) is 13.5. The lowest BCUT2D eigenvalue weighted by atomic mass is 10.0. The van der Waals surface area contributed by atoms with Crippen molar-refractivity contribution in [1.82, 2.24) is 4.90 Å². The number of amides is 1. The van der Waals surface area contributed by atoms with Gasteiger partial charge >= 0.3 is 0 Å². The topological polar surface area (TPSA) is 40.5 Å². The van der Waals surface area contributed by atoms with Gasteiger partial charge < -0.3 is 10.0 Å². The van der Waals surface area contributed by atoms with Crippen molar-refractivity contribution < 1.29 is 9.90 Å². The smallest absolute Gasteiger partial charge is 0.254 e. The maximum Gasteiger partial charge on any atom is 0.254 e. The van der Waals surface area contributed by atoms with Crippen molar-refractivity contribution >= 4 is 17.7 Å². The number of nitrogens with zero attached hydrogens (tertiary/aromatic N) is 1. The number of carbonyl (C=O) groups is 1. The highest BCUT2D eigenvalue weighted by atomic mass is 32.2. The highest BCUT2D eigenvalue weighted by molar-refractivity contribution is 8.00. The number of rotatable bonds is 1. The minimum Gasteiger partial charge on any atom is -0.384 e. The second-order valence-electron chi connectivity index (χ2n) is 5.46. The van der Waals surface area contributed by atoms with Crippen molar-refractivity contribution in [2.24, 2.45) is 0 Å². The molecule has 1 fully saturated rings. The van der Waals surface area contributed by atoms with E-state index in [1.54, 1.807) is 0 Å². The quantitative estimate of drug-likeness (QED) is 0.809. The van der Waals surface area contributed by atoms with Crippen LogP contribution in [0.2, 0.25) is 0 Å². The third-order valence-electron chi connectivity index (χ3n) is 3.49. The molecular formula is C17H21NO2S. The molecule has 1 saturated heterocycles. The van der Waals surface area contributed by atoms with Gasteiger partial charge in [-0.15, -0.1) is 0 Å². The Labute approximate surface area is 130 Å². The summed E-state index contributed by atoms with van der Waals surface area (Å²) < 4.78 is 0. The van der Waals surface area contributed by atoms with Crippen molar-refractivity contribution in [3.8, 4) is 11.8 Å². The van der Waals surface area contributed by atoms with E-state index in [0.717, 1.165) is 24.2 Å². The summed E-state index contributed by atoms with van der Waals surface area (Å²) in [4.78, 5) is 14.7. The summed E-state index contributed by atoms with van der Waals surface area (Å²) >= 11 is 1.93. The summed E-state index contributed by atoms with van der Waals surface area (Å²) in [5.74, 6) is 5.57. The molecule has 0 saturated carbocycles. The van der Waals surface area contributed by atoms with Crippen LogP contribution in [0.4, 0.5) is 0 Å². The summed E-state index contributed by atoms with van der Waals surface area (Å²) in [7, 11) is 0. The Hall–Kier alpha value is -1.44. The molecule has 2 rings (SSSR count). The fourth-order valence-corrected chi connectivity index (χ4v) is 3.91. The zero-order valence-electron chi connectivity index (χ0n) is 12.7. The van der Waals surface area contributed by atoms with E-state index in [4.69, 9.17) is 5.11 Å². The first-order valence-corrected chi connectivity index (χ1v) is 8.10. The molecule has 3 nitrogen and oxygen atoms in total. The van der Waals surface area contributed by atoms with Crippen molar-refractivity contribution in [3.63, 3.8) is 0 Å². The second kappa shape index (κ2) is 7.02. The van der Waals surface area contributed by atoms with Crippen LogP contribution in [0, 0.1) is 18.8 Å². The fraction of sp³-hybridized carbons (Fsp3) is 0.471. The highest BCUT2D eigenvalue weighted by Gasteiger charge is 2.27. The molecule has 4 heteroatoms. The van der Waals surface area contributed by atoms with Gasteiger partial charge in [-0.1, -0.05) is 31.8 Å². The molecule has 1 aliphatic heterocycles. The van der Waals surface area contributed by atoms with Gasteiger partial charge in [-0.3, -0.25) is 4.79 Å². The second-order valence-corrected chi connectivity index (χ2v) is 7.34. The normalized spacial score (nSPS) is 21.6. The first kappa shape index (κ1) is 15.9. The Morgan fingerprint density at radius 2 is 2.05 bits per heavy atom. The number of benzene rings is 1. The number of aryl methyl sites for hydroxylation is 1. The monoisotopic (exact) mass is 303 g/mol. The Bertz CT molecular complexity index is 578. The van der Waals surface area contributed by atoms with Crippen LogP contribution >= 0.6 is 11.8 Å². The van der Waals surface area contributed by atoms with Gasteiger partial charge in [0.05, 0.1) is 0 Å². The van der Waals surface area contributed by atoms with Gasteiger partial charge in [0.2, 0.25) is 0 Å². The maximum atomic E-state index is 12.8. The minimum atomic E-state index is -0.171. The van der Waals surface area contributed by atoms with Gasteiger partial charge in [-0.05, 0) is 24.6 Å². The van der Waals surface area contributed by atoms with Crippen LogP contribution in [0.1, 0.15) is 35.3 Å². The Balaban J connectivity index is 2.25. The average molecular weight is 303 g/mol. The number of hydrogen-bond donors (Lipinski definition) is 1. The van der Waals surface area contributed by atoms with Gasteiger partial charge in [-0.25, -0.2) is 0 Å². The van der Waals surface area contributed by atoms with Crippen molar-refractivity contribution in [1.29, 1.82) is 0 Å². The number of hydrogen-bond acceptors (Lipinski definition) is 3. The van der Waals surface area contributed by atoms with E-state index in [2.05, 4.69) is 25.7 Å². The van der Waals surface area contributed by atoms with Crippen molar-refractivity contribution in [2.45, 2.75) is 31.3 Å². The Morgan fingerprint density at radius 3 is 2.67 bits per heavy atom. The SMILES string of the molecule is Cc1ccc(C#CCO)cc1C(=O)N1CC(C)SC(C)C1. The van der Waals surface area contributed by atoms with E-state index in [1.807, 2.05) is 41.8 Å². The molecule has 0 spiro atoms. The molecule has 21 heavy (non-hydrogen) atoms. The van der Waals surface area contributed by atoms with Crippen molar-refractivity contribution in [2.75, 3.05) is 19.7 Å². The molecule has 0 aromatic heterocycles. The van der Waals surface area contributed by atoms with E-state index in [-0.39, 0.29) is 12.5 Å². The third-order valence-corrected chi connectivity index (χ3v) is 4.71. The first-order valence-electron chi connectivity index (χ1n) is 7.16. The number of thioether (sulfide) groups is 1. The van der Waals surface area contributed by atoms with E-state index in [9.17, 15) is 4.79 Å². The molecule has 1 aliphatic rings. The summed E-state index contributed by atoms with van der Waals surface area (Å²) in [6.07, 6.45) is 0. The predicted octanol–water partition coefficient (Wildman–Crippen LogP) is 2.30. The molecule has 1 heterocycles. The van der Waals surface area contributed by atoms with E-state index in [0.29, 0.717) is 16.1 Å². The highest BCUT2D eigenvalue weighted by Crippen LogP contribution is 2.26. The molecule has 1 aromatic carbocycles. The number of aliphatic hydroxyl groups excluding tert-OH is 1. The summed E-state index contributed by atoms with van der Waals surface area (Å²) in [5, 5.41) is 9.71. The number of carbonyl (C=O) groups excluding carboxylic acids is 1. The molecule has 1 N–H and O–H groups in total. The van der Waals surface area contributed by atoms with Crippen LogP contribution in [-0.2, 0) is 0 Å². The predicted molar refractivity (Wildman–Crippen MR) is 87.6 cm³/mol. The third kappa shape index (κ3) is 4.03. The largest absolute Gasteiger partial charge is 0.384 e.